The monoisotopic (exact) mass is 208 g/mol. The Morgan fingerprint density at radius 2 is 2.27 bits per heavy atom. The van der Waals surface area contributed by atoms with E-state index in [2.05, 4.69) is 42.8 Å². The van der Waals surface area contributed by atoms with Crippen LogP contribution in [0.3, 0.4) is 0 Å². The van der Waals surface area contributed by atoms with Gasteiger partial charge in [0.2, 0.25) is 0 Å². The molecule has 0 aliphatic carbocycles. The van der Waals surface area contributed by atoms with Crippen molar-refractivity contribution in [2.75, 3.05) is 19.6 Å². The maximum atomic E-state index is 3.64. The Morgan fingerprint density at radius 3 is 2.87 bits per heavy atom. The summed E-state index contributed by atoms with van der Waals surface area (Å²) in [6, 6.07) is 0.642. The predicted molar refractivity (Wildman–Crippen MR) is 65.8 cm³/mol. The Balaban J connectivity index is 2.48. The minimum atomic E-state index is 0.298. The number of nitrogens with zero attached hydrogens (tertiary/aromatic N) is 1. The lowest BCUT2D eigenvalue weighted by Crippen LogP contribution is -2.61. The number of nitrogens with one attached hydrogen (secondary N) is 1. The molecule has 15 heavy (non-hydrogen) atoms. The van der Waals surface area contributed by atoms with Gasteiger partial charge in [-0.25, -0.2) is 0 Å². The Kier molecular flexibility index (Phi) is 4.63. The van der Waals surface area contributed by atoms with E-state index in [4.69, 9.17) is 0 Å². The number of piperazine rings is 1. The van der Waals surface area contributed by atoms with Crippen LogP contribution in [-0.4, -0.2) is 36.1 Å². The summed E-state index contributed by atoms with van der Waals surface area (Å²) in [7, 11) is 0. The summed E-state index contributed by atoms with van der Waals surface area (Å²) >= 11 is 0. The first-order valence-electron chi connectivity index (χ1n) is 6.00. The fourth-order valence-corrected chi connectivity index (χ4v) is 2.04. The second-order valence-electron chi connectivity index (χ2n) is 4.79. The Morgan fingerprint density at radius 1 is 1.53 bits per heavy atom. The fourth-order valence-electron chi connectivity index (χ4n) is 2.04. The van der Waals surface area contributed by atoms with E-state index in [0.717, 1.165) is 26.1 Å². The second-order valence-corrected chi connectivity index (χ2v) is 4.79. The normalized spacial score (nSPS) is 32.1. The van der Waals surface area contributed by atoms with Gasteiger partial charge in [-0.15, -0.1) is 11.8 Å². The van der Waals surface area contributed by atoms with E-state index in [1.165, 1.54) is 6.42 Å². The van der Waals surface area contributed by atoms with Gasteiger partial charge in [-0.05, 0) is 27.2 Å². The van der Waals surface area contributed by atoms with Crippen LogP contribution in [0.4, 0.5) is 0 Å². The van der Waals surface area contributed by atoms with Crippen LogP contribution in [0.5, 0.6) is 0 Å². The van der Waals surface area contributed by atoms with Crippen LogP contribution in [0.1, 0.15) is 40.5 Å². The lowest BCUT2D eigenvalue weighted by Gasteiger charge is -2.44. The maximum absolute atomic E-state index is 3.64. The first-order chi connectivity index (χ1) is 7.11. The molecule has 0 bridgehead atoms. The van der Waals surface area contributed by atoms with E-state index in [9.17, 15) is 0 Å². The molecule has 0 aromatic rings. The Labute approximate surface area is 94.4 Å². The van der Waals surface area contributed by atoms with Crippen molar-refractivity contribution in [3.05, 3.63) is 0 Å². The molecule has 0 radical (unpaired) electrons. The van der Waals surface area contributed by atoms with Crippen molar-refractivity contribution in [3.8, 4) is 11.8 Å². The molecule has 0 aromatic heterocycles. The molecule has 1 N–H and O–H groups in total. The van der Waals surface area contributed by atoms with Crippen molar-refractivity contribution in [2.24, 2.45) is 0 Å². The van der Waals surface area contributed by atoms with Crippen LogP contribution < -0.4 is 5.32 Å². The average Bonchev–Trinajstić information content (AvgIpc) is 2.24. The highest BCUT2D eigenvalue weighted by atomic mass is 15.2. The molecule has 0 aromatic carbocycles. The van der Waals surface area contributed by atoms with Gasteiger partial charge in [0.05, 0.1) is 0 Å². The molecule has 0 amide bonds. The molecule has 2 unspecified atom stereocenters. The zero-order chi connectivity index (χ0) is 11.3. The molecule has 2 atom stereocenters. The minimum Gasteiger partial charge on any atom is -0.309 e. The lowest BCUT2D eigenvalue weighted by molar-refractivity contribution is 0.0955. The molecular formula is C13H24N2. The molecule has 2 nitrogen and oxygen atoms in total. The number of rotatable bonds is 3. The largest absolute Gasteiger partial charge is 0.309 e. The molecular weight excluding hydrogens is 184 g/mol. The zero-order valence-electron chi connectivity index (χ0n) is 10.6. The Hall–Kier alpha value is -0.520. The van der Waals surface area contributed by atoms with E-state index in [-0.39, 0.29) is 0 Å². The van der Waals surface area contributed by atoms with E-state index in [0.29, 0.717) is 11.6 Å². The highest BCUT2D eigenvalue weighted by Gasteiger charge is 2.31. The van der Waals surface area contributed by atoms with Crippen LogP contribution in [0.25, 0.3) is 0 Å². The van der Waals surface area contributed by atoms with Gasteiger partial charge in [0.25, 0.3) is 0 Å². The molecule has 1 aliphatic rings. The molecule has 1 aliphatic heterocycles. The zero-order valence-corrected chi connectivity index (χ0v) is 10.6. The SMILES string of the molecule is CC#CCCN1CC(C)(CC)NCC1C. The summed E-state index contributed by atoms with van der Waals surface area (Å²) in [4.78, 5) is 2.56. The van der Waals surface area contributed by atoms with Crippen LogP contribution in [0, 0.1) is 11.8 Å². The van der Waals surface area contributed by atoms with Crippen molar-refractivity contribution >= 4 is 0 Å². The third kappa shape index (κ3) is 3.52. The van der Waals surface area contributed by atoms with Gasteiger partial charge in [0.1, 0.15) is 0 Å². The van der Waals surface area contributed by atoms with Gasteiger partial charge in [-0.2, -0.15) is 0 Å². The van der Waals surface area contributed by atoms with Gasteiger partial charge in [0.15, 0.2) is 0 Å². The van der Waals surface area contributed by atoms with Crippen molar-refractivity contribution in [2.45, 2.75) is 52.1 Å². The number of hydrogen-bond donors (Lipinski definition) is 1. The summed E-state index contributed by atoms with van der Waals surface area (Å²) < 4.78 is 0. The highest BCUT2D eigenvalue weighted by Crippen LogP contribution is 2.18. The quantitative estimate of drug-likeness (QED) is 0.712. The van der Waals surface area contributed by atoms with Crippen molar-refractivity contribution in [1.82, 2.24) is 10.2 Å². The first-order valence-corrected chi connectivity index (χ1v) is 6.00. The molecule has 86 valence electrons. The third-order valence-corrected chi connectivity index (χ3v) is 3.48. The third-order valence-electron chi connectivity index (χ3n) is 3.48. The smallest absolute Gasteiger partial charge is 0.0278 e. The van der Waals surface area contributed by atoms with Gasteiger partial charge < -0.3 is 5.32 Å². The molecule has 1 saturated heterocycles. The van der Waals surface area contributed by atoms with Gasteiger partial charge >= 0.3 is 0 Å². The molecule has 2 heteroatoms. The molecule has 0 saturated carbocycles. The number of hydrogen-bond acceptors (Lipinski definition) is 2. The van der Waals surface area contributed by atoms with Crippen molar-refractivity contribution in [1.29, 1.82) is 0 Å². The highest BCUT2D eigenvalue weighted by molar-refractivity contribution is 4.98. The molecule has 1 heterocycles. The van der Waals surface area contributed by atoms with Crippen LogP contribution in [0.15, 0.2) is 0 Å². The van der Waals surface area contributed by atoms with Crippen LogP contribution in [-0.2, 0) is 0 Å². The van der Waals surface area contributed by atoms with Gasteiger partial charge in [-0.1, -0.05) is 6.92 Å². The minimum absolute atomic E-state index is 0.298. The van der Waals surface area contributed by atoms with E-state index in [1.54, 1.807) is 0 Å². The molecule has 0 spiro atoms. The average molecular weight is 208 g/mol. The first kappa shape index (κ1) is 12.5. The molecule has 1 fully saturated rings. The maximum Gasteiger partial charge on any atom is 0.0278 e. The molecule has 1 rings (SSSR count). The van der Waals surface area contributed by atoms with E-state index >= 15 is 0 Å². The van der Waals surface area contributed by atoms with Crippen molar-refractivity contribution in [3.63, 3.8) is 0 Å². The standard InChI is InChI=1S/C13H24N2/c1-5-7-8-9-15-11-13(4,6-2)14-10-12(15)3/h12,14H,6,8-11H2,1-4H3. The predicted octanol–water partition coefficient (Wildman–Crippen LogP) is 1.86. The lowest BCUT2D eigenvalue weighted by atomic mass is 9.94. The topological polar surface area (TPSA) is 15.3 Å². The van der Waals surface area contributed by atoms with Crippen molar-refractivity contribution < 1.29 is 0 Å². The van der Waals surface area contributed by atoms with E-state index < -0.39 is 0 Å². The summed E-state index contributed by atoms with van der Waals surface area (Å²) in [6.45, 7) is 12.1. The van der Waals surface area contributed by atoms with E-state index in [1.807, 2.05) is 6.92 Å². The van der Waals surface area contributed by atoms with Gasteiger partial charge in [0, 0.05) is 37.6 Å². The summed E-state index contributed by atoms with van der Waals surface area (Å²) in [5.41, 5.74) is 0.298. The van der Waals surface area contributed by atoms with Crippen LogP contribution >= 0.6 is 0 Å². The second kappa shape index (κ2) is 5.53. The summed E-state index contributed by atoms with van der Waals surface area (Å²) in [5, 5.41) is 3.64. The summed E-state index contributed by atoms with van der Waals surface area (Å²) in [5.74, 6) is 6.11. The van der Waals surface area contributed by atoms with Crippen LogP contribution in [0.2, 0.25) is 0 Å². The van der Waals surface area contributed by atoms with Gasteiger partial charge in [-0.3, -0.25) is 4.90 Å². The fraction of sp³-hybridized carbons (Fsp3) is 0.846. The Bertz CT molecular complexity index is 251. The summed E-state index contributed by atoms with van der Waals surface area (Å²) in [6.07, 6.45) is 2.19.